The molecule has 1 atom stereocenters. The number of nitrogens with zero attached hydrogens (tertiary/aromatic N) is 2. The van der Waals surface area contributed by atoms with Gasteiger partial charge in [0.2, 0.25) is 5.91 Å². The van der Waals surface area contributed by atoms with Crippen molar-refractivity contribution in [3.63, 3.8) is 0 Å². The minimum absolute atomic E-state index is 0.0261. The van der Waals surface area contributed by atoms with Gasteiger partial charge in [-0.05, 0) is 55.9 Å². The summed E-state index contributed by atoms with van der Waals surface area (Å²) in [5.74, 6) is -1.26. The van der Waals surface area contributed by atoms with Crippen molar-refractivity contribution in [1.29, 1.82) is 0 Å². The molecule has 0 radical (unpaired) electrons. The van der Waals surface area contributed by atoms with Gasteiger partial charge in [-0.15, -0.1) is 0 Å². The quantitative estimate of drug-likeness (QED) is 0.775. The Hall–Kier alpha value is -2.38. The number of amides is 1. The van der Waals surface area contributed by atoms with Crippen LogP contribution in [0, 0.1) is 19.8 Å². The van der Waals surface area contributed by atoms with E-state index in [0.29, 0.717) is 17.9 Å². The third kappa shape index (κ3) is 3.30. The van der Waals surface area contributed by atoms with E-state index in [4.69, 9.17) is 0 Å². The van der Waals surface area contributed by atoms with Crippen molar-refractivity contribution in [2.45, 2.75) is 77.1 Å². The molecule has 0 spiro atoms. The van der Waals surface area contributed by atoms with Gasteiger partial charge in [-0.1, -0.05) is 25.7 Å². The summed E-state index contributed by atoms with van der Waals surface area (Å²) in [4.78, 5) is 29.5. The van der Waals surface area contributed by atoms with Crippen molar-refractivity contribution in [2.24, 2.45) is 5.92 Å². The molecule has 4 rings (SSSR count). The second-order valence-corrected chi connectivity index (χ2v) is 8.69. The van der Waals surface area contributed by atoms with Gasteiger partial charge in [-0.2, -0.15) is 13.2 Å². The number of fused-ring (bicyclic) bond motifs is 3. The highest BCUT2D eigenvalue weighted by Gasteiger charge is 2.66. The average molecular weight is 421 g/mol. The lowest BCUT2D eigenvalue weighted by Gasteiger charge is -2.33. The molecule has 1 unspecified atom stereocenters. The van der Waals surface area contributed by atoms with Crippen LogP contribution in [0.4, 0.5) is 13.2 Å². The fourth-order valence-electron chi connectivity index (χ4n) is 4.87. The molecule has 1 fully saturated rings. The Morgan fingerprint density at radius 1 is 1.23 bits per heavy atom. The molecular weight excluding hydrogens is 395 g/mol. The smallest absolute Gasteiger partial charge is 0.319 e. The molecule has 1 aliphatic carbocycles. The SMILES string of the molecule is Cc1cc2nc3n(c2cc1C)C(NC(=O)CCCC1CCCC1)(C(F)(F)F)C(=O)C3. The average Bonchev–Trinajstić information content (AvgIpc) is 3.33. The van der Waals surface area contributed by atoms with Gasteiger partial charge in [-0.3, -0.25) is 14.2 Å². The summed E-state index contributed by atoms with van der Waals surface area (Å²) >= 11 is 0. The lowest BCUT2D eigenvalue weighted by molar-refractivity contribution is -0.218. The van der Waals surface area contributed by atoms with E-state index in [2.05, 4.69) is 10.3 Å². The Bertz CT molecular complexity index is 1010. The number of rotatable bonds is 5. The van der Waals surface area contributed by atoms with E-state index in [9.17, 15) is 22.8 Å². The number of hydrogen-bond donors (Lipinski definition) is 1. The standard InChI is InChI=1S/C22H26F3N3O2/c1-13-10-16-17(11-14(13)2)28-19(26-16)12-18(29)21(28,22(23,24)25)27-20(30)9-5-8-15-6-3-4-7-15/h10-11,15H,3-9,12H2,1-2H3,(H,27,30). The zero-order valence-electron chi connectivity index (χ0n) is 17.2. The number of nitrogens with one attached hydrogen (secondary N) is 1. The van der Waals surface area contributed by atoms with E-state index < -0.39 is 30.0 Å². The van der Waals surface area contributed by atoms with Gasteiger partial charge in [0.15, 0.2) is 5.78 Å². The van der Waals surface area contributed by atoms with E-state index in [1.54, 1.807) is 19.1 Å². The van der Waals surface area contributed by atoms with Gasteiger partial charge < -0.3 is 5.32 Å². The number of alkyl halides is 3. The molecule has 30 heavy (non-hydrogen) atoms. The molecule has 8 heteroatoms. The highest BCUT2D eigenvalue weighted by molar-refractivity contribution is 5.98. The summed E-state index contributed by atoms with van der Waals surface area (Å²) in [6.45, 7) is 3.65. The van der Waals surface area contributed by atoms with Gasteiger partial charge in [-0.25, -0.2) is 4.98 Å². The number of carbonyl (C=O) groups excluding carboxylic acids is 2. The van der Waals surface area contributed by atoms with Crippen LogP contribution < -0.4 is 5.32 Å². The number of Topliss-reactive ketones (excluding diaryl/α,β-unsaturated/α-hetero) is 1. The predicted molar refractivity (Wildman–Crippen MR) is 106 cm³/mol. The van der Waals surface area contributed by atoms with Gasteiger partial charge >= 0.3 is 6.18 Å². The summed E-state index contributed by atoms with van der Waals surface area (Å²) in [7, 11) is 0. The van der Waals surface area contributed by atoms with Crippen molar-refractivity contribution in [3.8, 4) is 0 Å². The van der Waals surface area contributed by atoms with Gasteiger partial charge in [0.1, 0.15) is 5.82 Å². The molecule has 5 nitrogen and oxygen atoms in total. The van der Waals surface area contributed by atoms with Crippen molar-refractivity contribution in [3.05, 3.63) is 29.1 Å². The Labute approximate surface area is 173 Å². The van der Waals surface area contributed by atoms with Crippen LogP contribution in [0.25, 0.3) is 11.0 Å². The first-order chi connectivity index (χ1) is 14.1. The first-order valence-corrected chi connectivity index (χ1v) is 10.5. The monoisotopic (exact) mass is 421 g/mol. The zero-order valence-corrected chi connectivity index (χ0v) is 17.2. The molecular formula is C22H26F3N3O2. The Morgan fingerprint density at radius 3 is 2.57 bits per heavy atom. The van der Waals surface area contributed by atoms with Crippen LogP contribution in [0.5, 0.6) is 0 Å². The van der Waals surface area contributed by atoms with E-state index in [0.717, 1.165) is 35.0 Å². The number of ketones is 1. The van der Waals surface area contributed by atoms with Crippen LogP contribution in [-0.4, -0.2) is 27.4 Å². The maximum Gasteiger partial charge on any atom is 0.438 e. The summed E-state index contributed by atoms with van der Waals surface area (Å²) < 4.78 is 44.0. The molecule has 1 aromatic heterocycles. The first kappa shape index (κ1) is 20.9. The van der Waals surface area contributed by atoms with Crippen molar-refractivity contribution < 1.29 is 22.8 Å². The highest BCUT2D eigenvalue weighted by Crippen LogP contribution is 2.43. The van der Waals surface area contributed by atoms with Crippen LogP contribution in [0.2, 0.25) is 0 Å². The maximum atomic E-state index is 14.4. The van der Waals surface area contributed by atoms with Crippen LogP contribution in [0.15, 0.2) is 12.1 Å². The van der Waals surface area contributed by atoms with Crippen LogP contribution in [-0.2, 0) is 21.7 Å². The highest BCUT2D eigenvalue weighted by atomic mass is 19.4. The number of hydrogen-bond acceptors (Lipinski definition) is 3. The first-order valence-electron chi connectivity index (χ1n) is 10.5. The number of carbonyl (C=O) groups is 2. The van der Waals surface area contributed by atoms with Crippen LogP contribution in [0.1, 0.15) is 61.9 Å². The molecule has 2 aromatic rings. The van der Waals surface area contributed by atoms with Crippen molar-refractivity contribution >= 4 is 22.7 Å². The fourth-order valence-corrected chi connectivity index (χ4v) is 4.87. The zero-order chi connectivity index (χ0) is 21.7. The molecule has 1 amide bonds. The largest absolute Gasteiger partial charge is 0.438 e. The minimum atomic E-state index is -4.98. The normalized spacial score (nSPS) is 22.1. The third-order valence-corrected chi connectivity index (χ3v) is 6.62. The molecule has 0 saturated heterocycles. The number of aryl methyl sites for hydroxylation is 2. The number of aromatic nitrogens is 2. The van der Waals surface area contributed by atoms with E-state index in [-0.39, 0.29) is 17.8 Å². The summed E-state index contributed by atoms with van der Waals surface area (Å²) in [6.07, 6.45) is 0.479. The van der Waals surface area contributed by atoms with Gasteiger partial charge in [0.05, 0.1) is 17.5 Å². The minimum Gasteiger partial charge on any atom is -0.319 e. The maximum absolute atomic E-state index is 14.4. The number of imidazole rings is 1. The third-order valence-electron chi connectivity index (χ3n) is 6.62. The molecule has 2 aliphatic rings. The van der Waals surface area contributed by atoms with Gasteiger partial charge in [0.25, 0.3) is 5.66 Å². The molecule has 162 valence electrons. The van der Waals surface area contributed by atoms with Crippen molar-refractivity contribution in [1.82, 2.24) is 14.9 Å². The molecule has 2 heterocycles. The second-order valence-electron chi connectivity index (χ2n) is 8.69. The van der Waals surface area contributed by atoms with E-state index >= 15 is 0 Å². The molecule has 1 aromatic carbocycles. The lowest BCUT2D eigenvalue weighted by Crippen LogP contribution is -2.62. The molecule has 1 N–H and O–H groups in total. The Balaban J connectivity index is 1.66. The fraction of sp³-hybridized carbons (Fsp3) is 0.591. The lowest BCUT2D eigenvalue weighted by atomic mass is 9.99. The second kappa shape index (κ2) is 7.39. The van der Waals surface area contributed by atoms with Crippen LogP contribution in [0.3, 0.4) is 0 Å². The summed E-state index contributed by atoms with van der Waals surface area (Å²) in [6, 6.07) is 3.32. The number of halogens is 3. The number of benzene rings is 1. The summed E-state index contributed by atoms with van der Waals surface area (Å²) in [5.41, 5.74) is -0.793. The van der Waals surface area contributed by atoms with E-state index in [1.807, 2.05) is 6.92 Å². The summed E-state index contributed by atoms with van der Waals surface area (Å²) in [5, 5.41) is 2.09. The van der Waals surface area contributed by atoms with Crippen molar-refractivity contribution in [2.75, 3.05) is 0 Å². The Kier molecular flexibility index (Phi) is 5.14. The molecule has 0 bridgehead atoms. The Morgan fingerprint density at radius 2 is 1.90 bits per heavy atom. The predicted octanol–water partition coefficient (Wildman–Crippen LogP) is 4.47. The van der Waals surface area contributed by atoms with Gasteiger partial charge in [0, 0.05) is 6.42 Å². The van der Waals surface area contributed by atoms with E-state index in [1.165, 1.54) is 12.8 Å². The van der Waals surface area contributed by atoms with Crippen LogP contribution >= 0.6 is 0 Å². The topological polar surface area (TPSA) is 64.0 Å². The molecule has 1 aliphatic heterocycles. The molecule has 1 saturated carbocycles.